The Kier molecular flexibility index (Phi) is 7.77. The van der Waals surface area contributed by atoms with Crippen molar-refractivity contribution in [3.63, 3.8) is 0 Å². The van der Waals surface area contributed by atoms with Crippen LogP contribution < -0.4 is 15.0 Å². The van der Waals surface area contributed by atoms with E-state index in [9.17, 15) is 9.59 Å². The second-order valence-electron chi connectivity index (χ2n) is 7.89. The molecule has 1 aliphatic rings. The highest BCUT2D eigenvalue weighted by atomic mass is 16.5. The van der Waals surface area contributed by atoms with Crippen LogP contribution in [0, 0.1) is 0 Å². The average molecular weight is 476 g/mol. The molecule has 1 aliphatic heterocycles. The molecular formula is C26H29N5O4. The molecule has 1 aromatic carbocycles. The van der Waals surface area contributed by atoms with Gasteiger partial charge < -0.3 is 24.6 Å². The molecule has 35 heavy (non-hydrogen) atoms. The number of carbonyl (C=O) groups excluding carboxylic acids is 2. The van der Waals surface area contributed by atoms with Crippen molar-refractivity contribution in [2.75, 3.05) is 49.6 Å². The molecule has 182 valence electrons. The minimum atomic E-state index is -0.381. The van der Waals surface area contributed by atoms with Crippen LogP contribution in [-0.2, 0) is 4.74 Å². The zero-order valence-corrected chi connectivity index (χ0v) is 19.9. The first-order chi connectivity index (χ1) is 17.1. The highest BCUT2D eigenvalue weighted by molar-refractivity contribution is 5.99. The number of piperazine rings is 1. The van der Waals surface area contributed by atoms with Gasteiger partial charge in [0.1, 0.15) is 17.4 Å². The second kappa shape index (κ2) is 11.3. The number of ether oxygens (including phenoxy) is 2. The van der Waals surface area contributed by atoms with E-state index in [1.807, 2.05) is 42.2 Å². The molecule has 0 atom stereocenters. The molecule has 0 spiro atoms. The molecule has 3 heterocycles. The van der Waals surface area contributed by atoms with E-state index in [4.69, 9.17) is 9.47 Å². The molecule has 4 rings (SSSR count). The van der Waals surface area contributed by atoms with Gasteiger partial charge in [0.2, 0.25) is 0 Å². The van der Waals surface area contributed by atoms with Crippen LogP contribution in [0.25, 0.3) is 0 Å². The number of carbonyl (C=O) groups is 2. The van der Waals surface area contributed by atoms with Gasteiger partial charge in [-0.25, -0.2) is 14.8 Å². The fourth-order valence-corrected chi connectivity index (χ4v) is 3.83. The number of esters is 1. The van der Waals surface area contributed by atoms with E-state index >= 15 is 0 Å². The maximum atomic E-state index is 13.3. The standard InChI is InChI=1S/C26H29N5O4/c1-3-34-21-10-8-20(9-11-21)29-24-22(6-5-13-27-24)25(32)31-16-14-30(15-17-31)23-12-7-19(18-28-23)26(33)35-4-2/h5-13,18H,3-4,14-17H2,1-2H3,(H,27,29). The number of nitrogens with one attached hydrogen (secondary N) is 1. The number of pyridine rings is 2. The van der Waals surface area contributed by atoms with Crippen LogP contribution in [-0.4, -0.2) is 66.1 Å². The molecule has 1 saturated heterocycles. The third-order valence-electron chi connectivity index (χ3n) is 5.62. The van der Waals surface area contributed by atoms with Crippen molar-refractivity contribution in [1.29, 1.82) is 0 Å². The molecule has 0 unspecified atom stereocenters. The van der Waals surface area contributed by atoms with Crippen LogP contribution in [0.2, 0.25) is 0 Å². The third kappa shape index (κ3) is 5.87. The SMILES string of the molecule is CCOC(=O)c1ccc(N2CCN(C(=O)c3cccnc3Nc3ccc(OCC)cc3)CC2)nc1. The normalized spacial score (nSPS) is 13.3. The molecule has 9 nitrogen and oxygen atoms in total. The number of amides is 1. The quantitative estimate of drug-likeness (QED) is 0.492. The number of aromatic nitrogens is 2. The van der Waals surface area contributed by atoms with Crippen LogP contribution in [0.5, 0.6) is 5.75 Å². The minimum Gasteiger partial charge on any atom is -0.494 e. The Morgan fingerprint density at radius 3 is 2.37 bits per heavy atom. The Morgan fingerprint density at radius 2 is 1.71 bits per heavy atom. The van der Waals surface area contributed by atoms with E-state index in [2.05, 4.69) is 20.2 Å². The topological polar surface area (TPSA) is 96.9 Å². The van der Waals surface area contributed by atoms with E-state index in [1.54, 1.807) is 31.3 Å². The van der Waals surface area contributed by atoms with Crippen molar-refractivity contribution < 1.29 is 19.1 Å². The van der Waals surface area contributed by atoms with Gasteiger partial charge in [0.15, 0.2) is 0 Å². The summed E-state index contributed by atoms with van der Waals surface area (Å²) in [4.78, 5) is 37.9. The Bertz CT molecular complexity index is 1140. The number of benzene rings is 1. The Labute approximate surface area is 204 Å². The number of nitrogens with zero attached hydrogens (tertiary/aromatic N) is 4. The molecular weight excluding hydrogens is 446 g/mol. The molecule has 0 bridgehead atoms. The van der Waals surface area contributed by atoms with Crippen LogP contribution >= 0.6 is 0 Å². The summed E-state index contributed by atoms with van der Waals surface area (Å²) in [6, 6.07) is 14.6. The summed E-state index contributed by atoms with van der Waals surface area (Å²) in [6.07, 6.45) is 3.19. The molecule has 1 N–H and O–H groups in total. The average Bonchev–Trinajstić information content (AvgIpc) is 2.90. The van der Waals surface area contributed by atoms with Crippen molar-refractivity contribution in [1.82, 2.24) is 14.9 Å². The molecule has 9 heteroatoms. The summed E-state index contributed by atoms with van der Waals surface area (Å²) in [5.41, 5.74) is 1.77. The number of hydrogen-bond donors (Lipinski definition) is 1. The van der Waals surface area contributed by atoms with Gasteiger partial charge in [-0.3, -0.25) is 4.79 Å². The summed E-state index contributed by atoms with van der Waals surface area (Å²) in [5.74, 6) is 1.62. The largest absolute Gasteiger partial charge is 0.494 e. The lowest BCUT2D eigenvalue weighted by molar-refractivity contribution is 0.0525. The maximum absolute atomic E-state index is 13.3. The Morgan fingerprint density at radius 1 is 0.943 bits per heavy atom. The number of hydrogen-bond acceptors (Lipinski definition) is 8. The van der Waals surface area contributed by atoms with Gasteiger partial charge in [-0.2, -0.15) is 0 Å². The lowest BCUT2D eigenvalue weighted by Crippen LogP contribution is -2.49. The second-order valence-corrected chi connectivity index (χ2v) is 7.89. The van der Waals surface area contributed by atoms with Gasteiger partial charge in [-0.05, 0) is 62.4 Å². The molecule has 1 amide bonds. The smallest absolute Gasteiger partial charge is 0.339 e. The summed E-state index contributed by atoms with van der Waals surface area (Å²) >= 11 is 0. The van der Waals surface area contributed by atoms with Gasteiger partial charge in [0.25, 0.3) is 5.91 Å². The first-order valence-corrected chi connectivity index (χ1v) is 11.7. The number of rotatable bonds is 8. The molecule has 0 aliphatic carbocycles. The summed E-state index contributed by atoms with van der Waals surface area (Å²) in [6.45, 7) is 7.02. The van der Waals surface area contributed by atoms with E-state index in [-0.39, 0.29) is 11.9 Å². The van der Waals surface area contributed by atoms with Crippen molar-refractivity contribution in [3.8, 4) is 5.75 Å². The van der Waals surface area contributed by atoms with E-state index in [0.29, 0.717) is 56.3 Å². The lowest BCUT2D eigenvalue weighted by atomic mass is 10.2. The fraction of sp³-hybridized carbons (Fsp3) is 0.308. The maximum Gasteiger partial charge on any atom is 0.339 e. The minimum absolute atomic E-state index is 0.0724. The highest BCUT2D eigenvalue weighted by Crippen LogP contribution is 2.23. The van der Waals surface area contributed by atoms with Crippen molar-refractivity contribution >= 4 is 29.2 Å². The van der Waals surface area contributed by atoms with Crippen LogP contribution in [0.4, 0.5) is 17.3 Å². The highest BCUT2D eigenvalue weighted by Gasteiger charge is 2.25. The van der Waals surface area contributed by atoms with Gasteiger partial charge in [-0.1, -0.05) is 0 Å². The molecule has 2 aromatic heterocycles. The van der Waals surface area contributed by atoms with Crippen LogP contribution in [0.15, 0.2) is 60.9 Å². The van der Waals surface area contributed by atoms with Crippen molar-refractivity contribution in [3.05, 3.63) is 72.1 Å². The zero-order valence-electron chi connectivity index (χ0n) is 19.9. The lowest BCUT2D eigenvalue weighted by Gasteiger charge is -2.35. The van der Waals surface area contributed by atoms with Gasteiger partial charge >= 0.3 is 5.97 Å². The van der Waals surface area contributed by atoms with E-state index < -0.39 is 0 Å². The molecule has 3 aromatic rings. The summed E-state index contributed by atoms with van der Waals surface area (Å²) in [5, 5.41) is 3.25. The predicted octanol–water partition coefficient (Wildman–Crippen LogP) is 3.76. The van der Waals surface area contributed by atoms with Gasteiger partial charge in [0.05, 0.1) is 24.3 Å². The Hall–Kier alpha value is -4.14. The summed E-state index contributed by atoms with van der Waals surface area (Å²) < 4.78 is 10.5. The Balaban J connectivity index is 1.38. The van der Waals surface area contributed by atoms with E-state index in [0.717, 1.165) is 17.3 Å². The fourth-order valence-electron chi connectivity index (χ4n) is 3.83. The van der Waals surface area contributed by atoms with Crippen molar-refractivity contribution in [2.45, 2.75) is 13.8 Å². The van der Waals surface area contributed by atoms with Crippen LogP contribution in [0.1, 0.15) is 34.6 Å². The van der Waals surface area contributed by atoms with Gasteiger partial charge in [0, 0.05) is 44.3 Å². The molecule has 0 radical (unpaired) electrons. The van der Waals surface area contributed by atoms with Crippen molar-refractivity contribution in [2.24, 2.45) is 0 Å². The van der Waals surface area contributed by atoms with E-state index in [1.165, 1.54) is 6.20 Å². The zero-order chi connectivity index (χ0) is 24.6. The third-order valence-corrected chi connectivity index (χ3v) is 5.62. The van der Waals surface area contributed by atoms with Gasteiger partial charge in [-0.15, -0.1) is 0 Å². The predicted molar refractivity (Wildman–Crippen MR) is 133 cm³/mol. The monoisotopic (exact) mass is 475 g/mol. The number of anilines is 3. The first kappa shape index (κ1) is 24.0. The first-order valence-electron chi connectivity index (χ1n) is 11.7. The molecule has 1 fully saturated rings. The molecule has 0 saturated carbocycles. The summed E-state index contributed by atoms with van der Waals surface area (Å²) in [7, 11) is 0. The van der Waals surface area contributed by atoms with Crippen LogP contribution in [0.3, 0.4) is 0 Å².